The standard InChI is InChI=1S/C8H14O4/c1-10-7(9)5-4-6-8(11-2)12-3/h4-5,8H,6H2,1-3H3. The van der Waals surface area contributed by atoms with Crippen LogP contribution in [-0.2, 0) is 19.0 Å². The smallest absolute Gasteiger partial charge is 0.330 e. The van der Waals surface area contributed by atoms with Crippen molar-refractivity contribution in [2.24, 2.45) is 0 Å². The monoisotopic (exact) mass is 174 g/mol. The van der Waals surface area contributed by atoms with Crippen LogP contribution in [0.1, 0.15) is 6.42 Å². The molecule has 0 aliphatic carbocycles. The van der Waals surface area contributed by atoms with Crippen molar-refractivity contribution >= 4 is 5.97 Å². The van der Waals surface area contributed by atoms with Crippen molar-refractivity contribution in [2.45, 2.75) is 12.7 Å². The molecule has 4 heteroatoms. The zero-order valence-corrected chi connectivity index (χ0v) is 7.57. The molecule has 0 fully saturated rings. The normalized spacial score (nSPS) is 11.0. The molecule has 0 bridgehead atoms. The van der Waals surface area contributed by atoms with Gasteiger partial charge in [0.1, 0.15) is 0 Å². The molecule has 0 atom stereocenters. The number of rotatable bonds is 5. The number of esters is 1. The van der Waals surface area contributed by atoms with Gasteiger partial charge in [-0.15, -0.1) is 0 Å². The summed E-state index contributed by atoms with van der Waals surface area (Å²) >= 11 is 0. The Bertz CT molecular complexity index is 149. The van der Waals surface area contributed by atoms with E-state index < -0.39 is 0 Å². The molecule has 0 spiro atoms. The van der Waals surface area contributed by atoms with Gasteiger partial charge in [-0.05, 0) is 0 Å². The van der Waals surface area contributed by atoms with Gasteiger partial charge in [0.2, 0.25) is 0 Å². The first-order valence-electron chi connectivity index (χ1n) is 3.54. The van der Waals surface area contributed by atoms with E-state index in [1.165, 1.54) is 13.2 Å². The molecule has 0 aromatic heterocycles. The van der Waals surface area contributed by atoms with E-state index in [1.807, 2.05) is 0 Å². The molecular formula is C8H14O4. The average molecular weight is 174 g/mol. The van der Waals surface area contributed by atoms with Crippen molar-refractivity contribution in [1.82, 2.24) is 0 Å². The number of carbonyl (C=O) groups is 1. The van der Waals surface area contributed by atoms with Crippen LogP contribution in [0, 0.1) is 0 Å². The molecule has 70 valence electrons. The minimum atomic E-state index is -0.374. The molecular weight excluding hydrogens is 160 g/mol. The summed E-state index contributed by atoms with van der Waals surface area (Å²) in [7, 11) is 4.41. The van der Waals surface area contributed by atoms with Crippen molar-refractivity contribution < 1.29 is 19.0 Å². The second-order valence-corrected chi connectivity index (χ2v) is 2.06. The minimum absolute atomic E-state index is 0.300. The number of methoxy groups -OCH3 is 3. The SMILES string of the molecule is COC(=O)C=CCC(OC)OC. The van der Waals surface area contributed by atoms with Crippen molar-refractivity contribution in [2.75, 3.05) is 21.3 Å². The van der Waals surface area contributed by atoms with Crippen LogP contribution in [0.5, 0.6) is 0 Å². The fourth-order valence-corrected chi connectivity index (χ4v) is 0.632. The molecule has 4 nitrogen and oxygen atoms in total. The molecule has 0 N–H and O–H groups in total. The van der Waals surface area contributed by atoms with Crippen LogP contribution < -0.4 is 0 Å². The number of hydrogen-bond donors (Lipinski definition) is 0. The highest BCUT2D eigenvalue weighted by atomic mass is 16.7. The molecule has 0 unspecified atom stereocenters. The van der Waals surface area contributed by atoms with Crippen molar-refractivity contribution in [1.29, 1.82) is 0 Å². The largest absolute Gasteiger partial charge is 0.466 e. The van der Waals surface area contributed by atoms with Gasteiger partial charge in [-0.3, -0.25) is 0 Å². The van der Waals surface area contributed by atoms with Crippen LogP contribution in [0.25, 0.3) is 0 Å². The van der Waals surface area contributed by atoms with Crippen LogP contribution in [-0.4, -0.2) is 33.6 Å². The summed E-state index contributed by atoms with van der Waals surface area (Å²) in [6.07, 6.45) is 3.21. The number of ether oxygens (including phenoxy) is 3. The maximum atomic E-state index is 10.6. The fraction of sp³-hybridized carbons (Fsp3) is 0.625. The Morgan fingerprint density at radius 1 is 1.33 bits per heavy atom. The third-order valence-electron chi connectivity index (χ3n) is 1.31. The van der Waals surface area contributed by atoms with Crippen LogP contribution in [0.15, 0.2) is 12.2 Å². The first-order valence-corrected chi connectivity index (χ1v) is 3.54. The summed E-state index contributed by atoms with van der Waals surface area (Å²) in [5.41, 5.74) is 0. The van der Waals surface area contributed by atoms with E-state index in [1.54, 1.807) is 20.3 Å². The van der Waals surface area contributed by atoms with Crippen LogP contribution in [0.2, 0.25) is 0 Å². The van der Waals surface area contributed by atoms with Gasteiger partial charge in [-0.25, -0.2) is 4.79 Å². The Balaban J connectivity index is 3.64. The van der Waals surface area contributed by atoms with Gasteiger partial charge in [0.05, 0.1) is 7.11 Å². The summed E-state index contributed by atoms with van der Waals surface area (Å²) in [6, 6.07) is 0. The van der Waals surface area contributed by atoms with Gasteiger partial charge in [0.25, 0.3) is 0 Å². The summed E-state index contributed by atoms with van der Waals surface area (Å²) in [4.78, 5) is 10.6. The molecule has 0 aromatic rings. The summed E-state index contributed by atoms with van der Waals surface area (Å²) < 4.78 is 14.2. The van der Waals surface area contributed by atoms with E-state index in [-0.39, 0.29) is 12.3 Å². The molecule has 0 heterocycles. The first-order chi connectivity index (χ1) is 5.74. The number of hydrogen-bond acceptors (Lipinski definition) is 4. The quantitative estimate of drug-likeness (QED) is 0.350. The van der Waals surface area contributed by atoms with Gasteiger partial charge >= 0.3 is 5.97 Å². The Labute approximate surface area is 72.1 Å². The predicted molar refractivity (Wildman–Crippen MR) is 43.6 cm³/mol. The van der Waals surface area contributed by atoms with Crippen LogP contribution in [0.4, 0.5) is 0 Å². The lowest BCUT2D eigenvalue weighted by molar-refractivity contribution is -0.134. The molecule has 0 saturated carbocycles. The zero-order chi connectivity index (χ0) is 9.40. The van der Waals surface area contributed by atoms with Gasteiger partial charge in [-0.2, -0.15) is 0 Å². The van der Waals surface area contributed by atoms with Crippen molar-refractivity contribution in [3.8, 4) is 0 Å². The third-order valence-corrected chi connectivity index (χ3v) is 1.31. The highest BCUT2D eigenvalue weighted by molar-refractivity contribution is 5.81. The molecule has 0 aromatic carbocycles. The Kier molecular flexibility index (Phi) is 6.32. The topological polar surface area (TPSA) is 44.8 Å². The number of carbonyl (C=O) groups excluding carboxylic acids is 1. The zero-order valence-electron chi connectivity index (χ0n) is 7.57. The van der Waals surface area contributed by atoms with Gasteiger partial charge in [0.15, 0.2) is 6.29 Å². The van der Waals surface area contributed by atoms with Crippen molar-refractivity contribution in [3.05, 3.63) is 12.2 Å². The Morgan fingerprint density at radius 2 is 1.92 bits per heavy atom. The Morgan fingerprint density at radius 3 is 2.33 bits per heavy atom. The lowest BCUT2D eigenvalue weighted by Gasteiger charge is -2.09. The molecule has 0 amide bonds. The summed E-state index contributed by atoms with van der Waals surface area (Å²) in [5.74, 6) is -0.374. The average Bonchev–Trinajstić information content (AvgIpc) is 2.12. The van der Waals surface area contributed by atoms with Gasteiger partial charge in [-0.1, -0.05) is 6.08 Å². The van der Waals surface area contributed by atoms with Gasteiger partial charge in [0, 0.05) is 26.7 Å². The highest BCUT2D eigenvalue weighted by Crippen LogP contribution is 1.98. The minimum Gasteiger partial charge on any atom is -0.466 e. The molecule has 0 aliphatic heterocycles. The molecule has 0 aliphatic rings. The maximum absolute atomic E-state index is 10.6. The third kappa shape index (κ3) is 4.87. The summed E-state index contributed by atoms with van der Waals surface area (Å²) in [6.45, 7) is 0. The van der Waals surface area contributed by atoms with E-state index in [9.17, 15) is 4.79 Å². The lowest BCUT2D eigenvalue weighted by Crippen LogP contribution is -2.11. The fourth-order valence-electron chi connectivity index (χ4n) is 0.632. The van der Waals surface area contributed by atoms with E-state index >= 15 is 0 Å². The highest BCUT2D eigenvalue weighted by Gasteiger charge is 2.01. The maximum Gasteiger partial charge on any atom is 0.330 e. The van der Waals surface area contributed by atoms with E-state index in [0.717, 1.165) is 0 Å². The van der Waals surface area contributed by atoms with E-state index in [2.05, 4.69) is 4.74 Å². The van der Waals surface area contributed by atoms with E-state index in [0.29, 0.717) is 6.42 Å². The molecule has 0 rings (SSSR count). The van der Waals surface area contributed by atoms with Gasteiger partial charge < -0.3 is 14.2 Å². The predicted octanol–water partition coefficient (Wildman–Crippen LogP) is 0.725. The van der Waals surface area contributed by atoms with Crippen LogP contribution >= 0.6 is 0 Å². The molecule has 0 saturated heterocycles. The molecule has 0 radical (unpaired) electrons. The van der Waals surface area contributed by atoms with E-state index in [4.69, 9.17) is 9.47 Å². The Hall–Kier alpha value is -0.870. The summed E-state index contributed by atoms with van der Waals surface area (Å²) in [5, 5.41) is 0. The molecule has 12 heavy (non-hydrogen) atoms. The second kappa shape index (κ2) is 6.82. The second-order valence-electron chi connectivity index (χ2n) is 2.06. The van der Waals surface area contributed by atoms with Crippen molar-refractivity contribution in [3.63, 3.8) is 0 Å². The van der Waals surface area contributed by atoms with Crippen LogP contribution in [0.3, 0.4) is 0 Å². The lowest BCUT2D eigenvalue weighted by atomic mass is 10.3. The first kappa shape index (κ1) is 11.1.